The van der Waals surface area contributed by atoms with E-state index < -0.39 is 12.1 Å². The van der Waals surface area contributed by atoms with Crippen molar-refractivity contribution in [1.29, 1.82) is 0 Å². The maximum Gasteiger partial charge on any atom is 0.333 e. The van der Waals surface area contributed by atoms with Crippen LogP contribution in [0, 0.1) is 5.82 Å². The van der Waals surface area contributed by atoms with Gasteiger partial charge >= 0.3 is 5.97 Å². The zero-order valence-corrected chi connectivity index (χ0v) is 9.31. The smallest absolute Gasteiger partial charge is 0.333 e. The van der Waals surface area contributed by atoms with E-state index in [-0.39, 0.29) is 18.3 Å². The van der Waals surface area contributed by atoms with Gasteiger partial charge in [-0.25, -0.2) is 9.18 Å². The molecule has 3 nitrogen and oxygen atoms in total. The predicted octanol–water partition coefficient (Wildman–Crippen LogP) is 2.25. The SMILES string of the molecule is CC(C)OC(Cc1ccc(F)cc1)C(=O)O. The van der Waals surface area contributed by atoms with E-state index in [1.165, 1.54) is 12.1 Å². The van der Waals surface area contributed by atoms with Gasteiger partial charge in [0.25, 0.3) is 0 Å². The Morgan fingerprint density at radius 3 is 2.38 bits per heavy atom. The Morgan fingerprint density at radius 1 is 1.38 bits per heavy atom. The van der Waals surface area contributed by atoms with Crippen LogP contribution in [0.4, 0.5) is 4.39 Å². The molecule has 1 aromatic rings. The lowest BCUT2D eigenvalue weighted by Gasteiger charge is -2.16. The number of benzene rings is 1. The molecular formula is C12H15FO3. The molecule has 1 N–H and O–H groups in total. The number of carboxylic acids is 1. The van der Waals surface area contributed by atoms with Crippen LogP contribution in [-0.2, 0) is 16.0 Å². The first-order chi connectivity index (χ1) is 7.49. The van der Waals surface area contributed by atoms with Gasteiger partial charge in [-0.1, -0.05) is 12.1 Å². The minimum Gasteiger partial charge on any atom is -0.479 e. The number of ether oxygens (including phenoxy) is 1. The van der Waals surface area contributed by atoms with Gasteiger partial charge in [0, 0.05) is 6.42 Å². The van der Waals surface area contributed by atoms with Crippen LogP contribution >= 0.6 is 0 Å². The molecule has 0 saturated heterocycles. The largest absolute Gasteiger partial charge is 0.479 e. The molecule has 1 aromatic carbocycles. The maximum absolute atomic E-state index is 12.6. The third kappa shape index (κ3) is 3.98. The summed E-state index contributed by atoms with van der Waals surface area (Å²) in [4.78, 5) is 10.9. The third-order valence-corrected chi connectivity index (χ3v) is 2.05. The van der Waals surface area contributed by atoms with Crippen molar-refractivity contribution in [2.24, 2.45) is 0 Å². The van der Waals surface area contributed by atoms with Gasteiger partial charge in [-0.2, -0.15) is 0 Å². The minimum absolute atomic E-state index is 0.151. The predicted molar refractivity (Wildman–Crippen MR) is 57.7 cm³/mol. The second-order valence-corrected chi connectivity index (χ2v) is 3.84. The number of rotatable bonds is 5. The number of carboxylic acid groups (broad SMARTS) is 1. The molecule has 0 heterocycles. The summed E-state index contributed by atoms with van der Waals surface area (Å²) < 4.78 is 17.9. The summed E-state index contributed by atoms with van der Waals surface area (Å²) in [6.45, 7) is 3.56. The van der Waals surface area contributed by atoms with Crippen molar-refractivity contribution in [1.82, 2.24) is 0 Å². The molecule has 0 fully saturated rings. The lowest BCUT2D eigenvalue weighted by molar-refractivity contribution is -0.153. The van der Waals surface area contributed by atoms with E-state index in [1.807, 2.05) is 0 Å². The lowest BCUT2D eigenvalue weighted by Crippen LogP contribution is -2.29. The number of carbonyl (C=O) groups is 1. The van der Waals surface area contributed by atoms with E-state index in [0.717, 1.165) is 5.56 Å². The van der Waals surface area contributed by atoms with Gasteiger partial charge < -0.3 is 9.84 Å². The highest BCUT2D eigenvalue weighted by atomic mass is 19.1. The van der Waals surface area contributed by atoms with Gasteiger partial charge in [0.1, 0.15) is 5.82 Å². The van der Waals surface area contributed by atoms with Gasteiger partial charge in [0.2, 0.25) is 0 Å². The summed E-state index contributed by atoms with van der Waals surface area (Å²) in [5, 5.41) is 8.94. The summed E-state index contributed by atoms with van der Waals surface area (Å²) >= 11 is 0. The average Bonchev–Trinajstić information content (AvgIpc) is 2.19. The molecule has 0 radical (unpaired) electrons. The van der Waals surface area contributed by atoms with Crippen molar-refractivity contribution in [2.75, 3.05) is 0 Å². The van der Waals surface area contributed by atoms with Crippen LogP contribution in [0.3, 0.4) is 0 Å². The van der Waals surface area contributed by atoms with Crippen molar-refractivity contribution in [3.8, 4) is 0 Å². The van der Waals surface area contributed by atoms with Crippen LogP contribution in [0.25, 0.3) is 0 Å². The maximum atomic E-state index is 12.6. The normalized spacial score (nSPS) is 12.8. The Hall–Kier alpha value is -1.42. The summed E-state index contributed by atoms with van der Waals surface area (Å²) in [7, 11) is 0. The number of halogens is 1. The Kier molecular flexibility index (Phi) is 4.43. The van der Waals surface area contributed by atoms with Crippen LogP contribution in [0.2, 0.25) is 0 Å². The van der Waals surface area contributed by atoms with E-state index >= 15 is 0 Å². The standard InChI is InChI=1S/C12H15FO3/c1-8(2)16-11(12(14)15)7-9-3-5-10(13)6-4-9/h3-6,8,11H,7H2,1-2H3,(H,14,15). The second kappa shape index (κ2) is 5.61. The molecule has 0 aliphatic carbocycles. The summed E-state index contributed by atoms with van der Waals surface area (Å²) in [6, 6.07) is 5.75. The number of hydrogen-bond acceptors (Lipinski definition) is 2. The van der Waals surface area contributed by atoms with Crippen molar-refractivity contribution in [3.63, 3.8) is 0 Å². The molecule has 88 valence electrons. The quantitative estimate of drug-likeness (QED) is 0.837. The van der Waals surface area contributed by atoms with Crippen molar-refractivity contribution in [2.45, 2.75) is 32.5 Å². The Morgan fingerprint density at radius 2 is 1.94 bits per heavy atom. The summed E-state index contributed by atoms with van der Waals surface area (Å²) in [5.41, 5.74) is 0.745. The lowest BCUT2D eigenvalue weighted by atomic mass is 10.1. The van der Waals surface area contributed by atoms with Crippen LogP contribution in [-0.4, -0.2) is 23.3 Å². The zero-order valence-electron chi connectivity index (χ0n) is 9.31. The van der Waals surface area contributed by atoms with E-state index in [9.17, 15) is 9.18 Å². The number of aliphatic carboxylic acids is 1. The van der Waals surface area contributed by atoms with Crippen LogP contribution in [0.15, 0.2) is 24.3 Å². The molecule has 0 saturated carbocycles. The summed E-state index contributed by atoms with van der Waals surface area (Å²) in [6.07, 6.45) is -0.791. The topological polar surface area (TPSA) is 46.5 Å². The number of hydrogen-bond donors (Lipinski definition) is 1. The molecular weight excluding hydrogens is 211 g/mol. The first-order valence-corrected chi connectivity index (χ1v) is 5.11. The molecule has 0 amide bonds. The van der Waals surface area contributed by atoms with Gasteiger partial charge in [-0.15, -0.1) is 0 Å². The molecule has 1 atom stereocenters. The van der Waals surface area contributed by atoms with E-state index in [2.05, 4.69) is 0 Å². The fraction of sp³-hybridized carbons (Fsp3) is 0.417. The molecule has 0 bridgehead atoms. The van der Waals surface area contributed by atoms with Crippen molar-refractivity contribution >= 4 is 5.97 Å². The highest BCUT2D eigenvalue weighted by molar-refractivity contribution is 5.72. The Bertz CT molecular complexity index is 346. The zero-order chi connectivity index (χ0) is 12.1. The van der Waals surface area contributed by atoms with Crippen LogP contribution in [0.1, 0.15) is 19.4 Å². The van der Waals surface area contributed by atoms with E-state index in [1.54, 1.807) is 26.0 Å². The molecule has 0 spiro atoms. The van der Waals surface area contributed by atoms with Gasteiger partial charge in [0.15, 0.2) is 6.10 Å². The molecule has 0 aromatic heterocycles. The minimum atomic E-state index is -1.00. The average molecular weight is 226 g/mol. The van der Waals surface area contributed by atoms with Gasteiger partial charge in [0.05, 0.1) is 6.10 Å². The summed E-state index contributed by atoms with van der Waals surface area (Å²) in [5.74, 6) is -1.33. The Labute approximate surface area is 93.9 Å². The highest BCUT2D eigenvalue weighted by Gasteiger charge is 2.19. The van der Waals surface area contributed by atoms with Gasteiger partial charge in [-0.05, 0) is 31.5 Å². The van der Waals surface area contributed by atoms with Crippen molar-refractivity contribution < 1.29 is 19.0 Å². The fourth-order valence-corrected chi connectivity index (χ4v) is 1.36. The molecule has 16 heavy (non-hydrogen) atoms. The highest BCUT2D eigenvalue weighted by Crippen LogP contribution is 2.09. The van der Waals surface area contributed by atoms with E-state index in [4.69, 9.17) is 9.84 Å². The fourth-order valence-electron chi connectivity index (χ4n) is 1.36. The van der Waals surface area contributed by atoms with Crippen molar-refractivity contribution in [3.05, 3.63) is 35.6 Å². The third-order valence-electron chi connectivity index (χ3n) is 2.05. The molecule has 1 unspecified atom stereocenters. The second-order valence-electron chi connectivity index (χ2n) is 3.84. The first-order valence-electron chi connectivity index (χ1n) is 5.11. The van der Waals surface area contributed by atoms with Crippen LogP contribution in [0.5, 0.6) is 0 Å². The van der Waals surface area contributed by atoms with Crippen LogP contribution < -0.4 is 0 Å². The molecule has 0 aliphatic heterocycles. The monoisotopic (exact) mass is 226 g/mol. The molecule has 1 rings (SSSR count). The first kappa shape index (κ1) is 12.6. The van der Waals surface area contributed by atoms with E-state index in [0.29, 0.717) is 0 Å². The molecule has 0 aliphatic rings. The Balaban J connectivity index is 2.68. The molecule has 4 heteroatoms. The van der Waals surface area contributed by atoms with Gasteiger partial charge in [-0.3, -0.25) is 0 Å².